The summed E-state index contributed by atoms with van der Waals surface area (Å²) in [5, 5.41) is 12.9. The molecule has 0 spiro atoms. The Hall–Kier alpha value is -1.70. The Kier molecular flexibility index (Phi) is 4.53. The third kappa shape index (κ3) is 3.24. The third-order valence-corrected chi connectivity index (χ3v) is 4.37. The van der Waals surface area contributed by atoms with Crippen LogP contribution in [0.4, 0.5) is 0 Å². The van der Waals surface area contributed by atoms with E-state index in [1.807, 2.05) is 6.92 Å². The van der Waals surface area contributed by atoms with Crippen molar-refractivity contribution in [2.24, 2.45) is 0 Å². The minimum atomic E-state index is -3.64. The molecular formula is C13H16N2O4S. The highest BCUT2D eigenvalue weighted by molar-refractivity contribution is 7.89. The zero-order valence-electron chi connectivity index (χ0n) is 11.0. The first-order chi connectivity index (χ1) is 9.56. The Balaban J connectivity index is 2.20. The van der Waals surface area contributed by atoms with E-state index in [0.717, 1.165) is 12.0 Å². The third-order valence-electron chi connectivity index (χ3n) is 2.97. The molecule has 2 aromatic rings. The van der Waals surface area contributed by atoms with Crippen molar-refractivity contribution in [1.82, 2.24) is 9.88 Å². The lowest BCUT2D eigenvalue weighted by Gasteiger charge is -2.09. The number of aryl methyl sites for hydroxylation is 1. The van der Waals surface area contributed by atoms with Gasteiger partial charge in [0.25, 0.3) is 0 Å². The summed E-state index contributed by atoms with van der Waals surface area (Å²) in [7, 11) is -3.64. The summed E-state index contributed by atoms with van der Waals surface area (Å²) in [5.74, 6) is 0. The number of nitrogens with one attached hydrogen (secondary N) is 1. The minimum Gasteiger partial charge on any atom is -0.392 e. The van der Waals surface area contributed by atoms with Gasteiger partial charge in [0.1, 0.15) is 6.26 Å². The lowest BCUT2D eigenvalue weighted by Crippen LogP contribution is -2.23. The van der Waals surface area contributed by atoms with Crippen LogP contribution >= 0.6 is 0 Å². The van der Waals surface area contributed by atoms with Crippen LogP contribution in [0.15, 0.2) is 39.9 Å². The number of benzene rings is 1. The largest absolute Gasteiger partial charge is 0.392 e. The molecule has 0 unspecified atom stereocenters. The van der Waals surface area contributed by atoms with E-state index in [-0.39, 0.29) is 18.0 Å². The number of aromatic nitrogens is 1. The first kappa shape index (κ1) is 14.7. The summed E-state index contributed by atoms with van der Waals surface area (Å²) in [5.41, 5.74) is 2.06. The highest BCUT2D eigenvalue weighted by atomic mass is 32.2. The second-order valence-electron chi connectivity index (χ2n) is 4.26. The molecule has 2 N–H and O–H groups in total. The van der Waals surface area contributed by atoms with Crippen LogP contribution in [0.3, 0.4) is 0 Å². The van der Waals surface area contributed by atoms with Gasteiger partial charge in [-0.05, 0) is 29.7 Å². The Morgan fingerprint density at radius 3 is 2.70 bits per heavy atom. The molecule has 108 valence electrons. The zero-order chi connectivity index (χ0) is 14.6. The van der Waals surface area contributed by atoms with Crippen LogP contribution in [-0.2, 0) is 29.6 Å². The molecule has 0 fully saturated rings. The molecule has 0 aliphatic rings. The van der Waals surface area contributed by atoms with Crippen LogP contribution in [-0.4, -0.2) is 18.7 Å². The molecule has 20 heavy (non-hydrogen) atoms. The molecule has 1 aromatic carbocycles. The van der Waals surface area contributed by atoms with Crippen molar-refractivity contribution in [3.05, 3.63) is 47.3 Å². The summed E-state index contributed by atoms with van der Waals surface area (Å²) in [6, 6.07) is 6.32. The SMILES string of the molecule is CCc1ccc(S(=O)(=O)NCc2ccon2)cc1CO. The molecule has 2 rings (SSSR count). The molecule has 0 atom stereocenters. The van der Waals surface area contributed by atoms with Crippen molar-refractivity contribution in [2.75, 3.05) is 0 Å². The molecular weight excluding hydrogens is 280 g/mol. The maximum absolute atomic E-state index is 12.1. The number of rotatable bonds is 6. The minimum absolute atomic E-state index is 0.0584. The maximum Gasteiger partial charge on any atom is 0.240 e. The lowest BCUT2D eigenvalue weighted by atomic mass is 10.1. The average Bonchev–Trinajstić information content (AvgIpc) is 2.97. The van der Waals surface area contributed by atoms with Crippen LogP contribution in [0.5, 0.6) is 0 Å². The normalized spacial score (nSPS) is 11.7. The van der Waals surface area contributed by atoms with E-state index < -0.39 is 10.0 Å². The summed E-state index contributed by atoms with van der Waals surface area (Å²) >= 11 is 0. The second kappa shape index (κ2) is 6.17. The second-order valence-corrected chi connectivity index (χ2v) is 6.02. The molecule has 0 amide bonds. The molecule has 0 saturated heterocycles. The van der Waals surface area contributed by atoms with Gasteiger partial charge < -0.3 is 9.63 Å². The van der Waals surface area contributed by atoms with Gasteiger partial charge in [-0.25, -0.2) is 13.1 Å². The van der Waals surface area contributed by atoms with Crippen molar-refractivity contribution in [1.29, 1.82) is 0 Å². The van der Waals surface area contributed by atoms with Gasteiger partial charge in [0.05, 0.1) is 23.7 Å². The summed E-state index contributed by atoms with van der Waals surface area (Å²) in [4.78, 5) is 0.127. The Morgan fingerprint density at radius 2 is 2.10 bits per heavy atom. The van der Waals surface area contributed by atoms with E-state index in [0.29, 0.717) is 11.3 Å². The highest BCUT2D eigenvalue weighted by Gasteiger charge is 2.16. The molecule has 1 aromatic heterocycles. The predicted molar refractivity (Wildman–Crippen MR) is 72.3 cm³/mol. The summed E-state index contributed by atoms with van der Waals surface area (Å²) < 4.78 is 31.4. The van der Waals surface area contributed by atoms with Gasteiger partial charge in [0.15, 0.2) is 0 Å². The monoisotopic (exact) mass is 296 g/mol. The van der Waals surface area contributed by atoms with Gasteiger partial charge in [-0.1, -0.05) is 18.1 Å². The molecule has 1 heterocycles. The number of nitrogens with zero attached hydrogens (tertiary/aromatic N) is 1. The Labute approximate surface area is 117 Å². The van der Waals surface area contributed by atoms with Crippen molar-refractivity contribution in [2.45, 2.75) is 31.4 Å². The fourth-order valence-electron chi connectivity index (χ4n) is 1.84. The molecule has 0 aliphatic heterocycles. The number of sulfonamides is 1. The molecule has 0 radical (unpaired) electrons. The first-order valence-corrected chi connectivity index (χ1v) is 7.66. The highest BCUT2D eigenvalue weighted by Crippen LogP contribution is 2.17. The van der Waals surface area contributed by atoms with E-state index in [9.17, 15) is 13.5 Å². The fraction of sp³-hybridized carbons (Fsp3) is 0.308. The van der Waals surface area contributed by atoms with E-state index in [1.165, 1.54) is 18.4 Å². The van der Waals surface area contributed by atoms with Gasteiger partial charge >= 0.3 is 0 Å². The van der Waals surface area contributed by atoms with Crippen LogP contribution in [0, 0.1) is 0 Å². The number of aliphatic hydroxyl groups is 1. The lowest BCUT2D eigenvalue weighted by molar-refractivity contribution is 0.280. The average molecular weight is 296 g/mol. The Bertz CT molecular complexity index is 666. The standard InChI is InChI=1S/C13H16N2O4S/c1-2-10-3-4-13(7-11(10)9-16)20(17,18)14-8-12-5-6-19-15-12/h3-7,14,16H,2,8-9H2,1H3. The molecule has 0 bridgehead atoms. The molecule has 6 nitrogen and oxygen atoms in total. The quantitative estimate of drug-likeness (QED) is 0.836. The van der Waals surface area contributed by atoms with Crippen molar-refractivity contribution in [3.8, 4) is 0 Å². The molecule has 0 aliphatic carbocycles. The summed E-state index contributed by atoms with van der Waals surface area (Å²) in [6.07, 6.45) is 2.12. The van der Waals surface area contributed by atoms with Crippen LogP contribution in [0.25, 0.3) is 0 Å². The number of hydrogen-bond acceptors (Lipinski definition) is 5. The first-order valence-electron chi connectivity index (χ1n) is 6.18. The van der Waals surface area contributed by atoms with Crippen LogP contribution in [0.2, 0.25) is 0 Å². The molecule has 0 saturated carbocycles. The summed E-state index contributed by atoms with van der Waals surface area (Å²) in [6.45, 7) is 1.82. The predicted octanol–water partition coefficient (Wildman–Crippen LogP) is 1.21. The zero-order valence-corrected chi connectivity index (χ0v) is 11.9. The van der Waals surface area contributed by atoms with Gasteiger partial charge in [-0.2, -0.15) is 0 Å². The Morgan fingerprint density at radius 1 is 1.30 bits per heavy atom. The topological polar surface area (TPSA) is 92.4 Å². The van der Waals surface area contributed by atoms with E-state index in [2.05, 4.69) is 14.4 Å². The fourth-order valence-corrected chi connectivity index (χ4v) is 2.89. The number of aliphatic hydroxyl groups excluding tert-OH is 1. The van der Waals surface area contributed by atoms with Crippen molar-refractivity contribution < 1.29 is 18.0 Å². The van der Waals surface area contributed by atoms with Gasteiger partial charge in [-0.3, -0.25) is 0 Å². The molecule has 7 heteroatoms. The smallest absolute Gasteiger partial charge is 0.240 e. The van der Waals surface area contributed by atoms with Gasteiger partial charge in [-0.15, -0.1) is 0 Å². The van der Waals surface area contributed by atoms with Gasteiger partial charge in [0.2, 0.25) is 10.0 Å². The van der Waals surface area contributed by atoms with Crippen LogP contribution < -0.4 is 4.72 Å². The van der Waals surface area contributed by atoms with Crippen molar-refractivity contribution >= 4 is 10.0 Å². The van der Waals surface area contributed by atoms with E-state index >= 15 is 0 Å². The van der Waals surface area contributed by atoms with Crippen molar-refractivity contribution in [3.63, 3.8) is 0 Å². The number of hydrogen-bond donors (Lipinski definition) is 2. The maximum atomic E-state index is 12.1. The van der Waals surface area contributed by atoms with E-state index in [4.69, 9.17) is 0 Å². The van der Waals surface area contributed by atoms with E-state index in [1.54, 1.807) is 12.1 Å². The van der Waals surface area contributed by atoms with Gasteiger partial charge in [0, 0.05) is 6.07 Å². The van der Waals surface area contributed by atoms with Crippen LogP contribution in [0.1, 0.15) is 23.7 Å².